The first-order valence-corrected chi connectivity index (χ1v) is 5.27. The van der Waals surface area contributed by atoms with Crippen LogP contribution in [-0.4, -0.2) is 4.98 Å². The van der Waals surface area contributed by atoms with E-state index in [1.54, 1.807) is 6.20 Å². The highest BCUT2D eigenvalue weighted by Gasteiger charge is 2.01. The van der Waals surface area contributed by atoms with Crippen molar-refractivity contribution in [3.05, 3.63) is 52.7 Å². The highest BCUT2D eigenvalue weighted by molar-refractivity contribution is 6.30. The topological polar surface area (TPSA) is 26.0 Å². The molecule has 1 aromatic heterocycles. The number of nitrogens with zero attached hydrogens (tertiary/aromatic N) is 1. The predicted octanol–water partition coefficient (Wildman–Crippen LogP) is 3.42. The number of hydrogen-bond acceptors (Lipinski definition) is 2. The molecule has 0 aliphatic heterocycles. The molecule has 0 N–H and O–H groups in total. The number of aromatic nitrogens is 1. The van der Waals surface area contributed by atoms with Gasteiger partial charge in [0.1, 0.15) is 5.76 Å². The molecule has 0 saturated carbocycles. The number of benzene rings is 1. The van der Waals surface area contributed by atoms with E-state index in [0.717, 1.165) is 29.5 Å². The van der Waals surface area contributed by atoms with Crippen LogP contribution < -0.4 is 0 Å². The molecule has 0 radical (unpaired) electrons. The fourth-order valence-electron chi connectivity index (χ4n) is 1.46. The molecule has 0 amide bonds. The van der Waals surface area contributed by atoms with E-state index in [0.29, 0.717) is 0 Å². The van der Waals surface area contributed by atoms with Gasteiger partial charge in [-0.05, 0) is 31.0 Å². The lowest BCUT2D eigenvalue weighted by atomic mass is 10.1. The van der Waals surface area contributed by atoms with Gasteiger partial charge in [0.2, 0.25) is 0 Å². The summed E-state index contributed by atoms with van der Waals surface area (Å²) in [6, 6.07) is 7.86. The molecule has 0 atom stereocenters. The Kier molecular flexibility index (Phi) is 3.07. The summed E-state index contributed by atoms with van der Waals surface area (Å²) in [4.78, 5) is 4.15. The summed E-state index contributed by atoms with van der Waals surface area (Å²) < 4.78 is 5.39. The summed E-state index contributed by atoms with van der Waals surface area (Å²) in [6.07, 6.45) is 3.46. The van der Waals surface area contributed by atoms with E-state index in [-0.39, 0.29) is 0 Å². The lowest BCUT2D eigenvalue weighted by Crippen LogP contribution is -1.90. The molecule has 2 nitrogen and oxygen atoms in total. The van der Waals surface area contributed by atoms with Crippen molar-refractivity contribution in [1.82, 2.24) is 4.98 Å². The molecule has 15 heavy (non-hydrogen) atoms. The van der Waals surface area contributed by atoms with Crippen molar-refractivity contribution < 1.29 is 4.42 Å². The Hall–Kier alpha value is -1.28. The monoisotopic (exact) mass is 221 g/mol. The number of oxazole rings is 1. The van der Waals surface area contributed by atoms with Crippen LogP contribution in [-0.2, 0) is 12.8 Å². The third-order valence-electron chi connectivity index (χ3n) is 2.19. The maximum atomic E-state index is 5.89. The van der Waals surface area contributed by atoms with Gasteiger partial charge < -0.3 is 4.42 Å². The summed E-state index contributed by atoms with van der Waals surface area (Å²) in [6.45, 7) is 1.90. The first-order valence-electron chi connectivity index (χ1n) is 4.90. The van der Waals surface area contributed by atoms with E-state index in [1.807, 2.05) is 25.1 Å². The zero-order valence-corrected chi connectivity index (χ0v) is 9.29. The molecule has 0 aliphatic carbocycles. The standard InChI is InChI=1S/C12H12ClNO/c1-9-8-14-12(15-9)6-5-10-3-2-4-11(13)7-10/h2-4,7-8H,5-6H2,1H3. The first kappa shape index (κ1) is 10.2. The molecule has 2 aromatic rings. The van der Waals surface area contributed by atoms with Gasteiger partial charge in [0.05, 0.1) is 6.20 Å². The summed E-state index contributed by atoms with van der Waals surface area (Å²) in [5.74, 6) is 1.64. The van der Waals surface area contributed by atoms with Crippen LogP contribution in [0.4, 0.5) is 0 Å². The Bertz CT molecular complexity index is 450. The number of aryl methyl sites for hydroxylation is 3. The average Bonchev–Trinajstić information content (AvgIpc) is 2.62. The minimum Gasteiger partial charge on any atom is -0.446 e. The Morgan fingerprint density at radius 1 is 1.33 bits per heavy atom. The molecule has 1 aromatic carbocycles. The van der Waals surface area contributed by atoms with Crippen LogP contribution in [0.1, 0.15) is 17.2 Å². The van der Waals surface area contributed by atoms with Crippen LogP contribution in [0.2, 0.25) is 5.02 Å². The van der Waals surface area contributed by atoms with Crippen molar-refractivity contribution in [1.29, 1.82) is 0 Å². The minimum atomic E-state index is 0.774. The fourth-order valence-corrected chi connectivity index (χ4v) is 1.67. The smallest absolute Gasteiger partial charge is 0.194 e. The van der Waals surface area contributed by atoms with Crippen LogP contribution in [0, 0.1) is 6.92 Å². The third-order valence-corrected chi connectivity index (χ3v) is 2.42. The summed E-state index contributed by atoms with van der Waals surface area (Å²) in [5, 5.41) is 0.774. The summed E-state index contributed by atoms with van der Waals surface area (Å²) in [5.41, 5.74) is 1.21. The second-order valence-corrected chi connectivity index (χ2v) is 3.93. The Morgan fingerprint density at radius 3 is 2.87 bits per heavy atom. The highest BCUT2D eigenvalue weighted by atomic mass is 35.5. The van der Waals surface area contributed by atoms with Crippen LogP contribution in [0.15, 0.2) is 34.9 Å². The second kappa shape index (κ2) is 4.49. The molecule has 3 heteroatoms. The number of halogens is 1. The molecule has 1 heterocycles. The van der Waals surface area contributed by atoms with Crippen LogP contribution in [0.5, 0.6) is 0 Å². The Morgan fingerprint density at radius 2 is 2.20 bits per heavy atom. The van der Waals surface area contributed by atoms with Gasteiger partial charge in [0.15, 0.2) is 5.89 Å². The van der Waals surface area contributed by atoms with Gasteiger partial charge >= 0.3 is 0 Å². The largest absolute Gasteiger partial charge is 0.446 e. The van der Waals surface area contributed by atoms with Gasteiger partial charge in [0, 0.05) is 11.4 Å². The van der Waals surface area contributed by atoms with Crippen molar-refractivity contribution in [2.45, 2.75) is 19.8 Å². The van der Waals surface area contributed by atoms with E-state index < -0.39 is 0 Å². The summed E-state index contributed by atoms with van der Waals surface area (Å²) >= 11 is 5.89. The van der Waals surface area contributed by atoms with Crippen molar-refractivity contribution in [3.63, 3.8) is 0 Å². The van der Waals surface area contributed by atoms with Gasteiger partial charge in [0.25, 0.3) is 0 Å². The molecule has 0 unspecified atom stereocenters. The number of rotatable bonds is 3. The average molecular weight is 222 g/mol. The first-order chi connectivity index (χ1) is 7.24. The summed E-state index contributed by atoms with van der Waals surface area (Å²) in [7, 11) is 0. The van der Waals surface area contributed by atoms with E-state index in [9.17, 15) is 0 Å². The molecule has 78 valence electrons. The maximum Gasteiger partial charge on any atom is 0.194 e. The van der Waals surface area contributed by atoms with Crippen molar-refractivity contribution in [2.75, 3.05) is 0 Å². The van der Waals surface area contributed by atoms with Crippen molar-refractivity contribution in [2.24, 2.45) is 0 Å². The van der Waals surface area contributed by atoms with Crippen molar-refractivity contribution in [3.8, 4) is 0 Å². The maximum absolute atomic E-state index is 5.89. The zero-order chi connectivity index (χ0) is 10.7. The van der Waals surface area contributed by atoms with Crippen LogP contribution >= 0.6 is 11.6 Å². The van der Waals surface area contributed by atoms with E-state index in [1.165, 1.54) is 5.56 Å². The van der Waals surface area contributed by atoms with Gasteiger partial charge in [-0.1, -0.05) is 23.7 Å². The van der Waals surface area contributed by atoms with Gasteiger partial charge in [-0.3, -0.25) is 0 Å². The lowest BCUT2D eigenvalue weighted by Gasteiger charge is -1.99. The van der Waals surface area contributed by atoms with Crippen molar-refractivity contribution >= 4 is 11.6 Å². The zero-order valence-electron chi connectivity index (χ0n) is 8.53. The molecule has 0 spiro atoms. The molecular weight excluding hydrogens is 210 g/mol. The predicted molar refractivity (Wildman–Crippen MR) is 60.1 cm³/mol. The quantitative estimate of drug-likeness (QED) is 0.794. The molecular formula is C12H12ClNO. The SMILES string of the molecule is Cc1cnc(CCc2cccc(Cl)c2)o1. The second-order valence-electron chi connectivity index (χ2n) is 3.49. The van der Waals surface area contributed by atoms with E-state index in [4.69, 9.17) is 16.0 Å². The molecule has 0 bridgehead atoms. The van der Waals surface area contributed by atoms with Gasteiger partial charge in [-0.15, -0.1) is 0 Å². The minimum absolute atomic E-state index is 0.774. The highest BCUT2D eigenvalue weighted by Crippen LogP contribution is 2.13. The van der Waals surface area contributed by atoms with Crippen LogP contribution in [0.25, 0.3) is 0 Å². The fraction of sp³-hybridized carbons (Fsp3) is 0.250. The third kappa shape index (κ3) is 2.83. The molecule has 2 rings (SSSR count). The number of hydrogen-bond donors (Lipinski definition) is 0. The normalized spacial score (nSPS) is 10.5. The molecule has 0 fully saturated rings. The van der Waals surface area contributed by atoms with E-state index in [2.05, 4.69) is 11.1 Å². The molecule has 0 aliphatic rings. The van der Waals surface area contributed by atoms with Crippen LogP contribution in [0.3, 0.4) is 0 Å². The van der Waals surface area contributed by atoms with E-state index >= 15 is 0 Å². The lowest BCUT2D eigenvalue weighted by molar-refractivity contribution is 0.470. The Labute approximate surface area is 93.9 Å². The Balaban J connectivity index is 1.99. The molecule has 0 saturated heterocycles. The van der Waals surface area contributed by atoms with Gasteiger partial charge in [-0.2, -0.15) is 0 Å². The van der Waals surface area contributed by atoms with Gasteiger partial charge in [-0.25, -0.2) is 4.98 Å².